The van der Waals surface area contributed by atoms with Crippen molar-refractivity contribution in [2.75, 3.05) is 0 Å². The third-order valence-electron chi connectivity index (χ3n) is 2.41. The second kappa shape index (κ2) is 3.00. The van der Waals surface area contributed by atoms with E-state index in [2.05, 4.69) is 6.58 Å². The molecule has 0 bridgehead atoms. The van der Waals surface area contributed by atoms with Crippen LogP contribution in [-0.2, 0) is 4.79 Å². The zero-order valence-corrected chi connectivity index (χ0v) is 6.47. The molecule has 1 fully saturated rings. The van der Waals surface area contributed by atoms with Crippen molar-refractivity contribution in [1.29, 1.82) is 0 Å². The van der Waals surface area contributed by atoms with Crippen LogP contribution < -0.4 is 0 Å². The molecule has 0 radical (unpaired) electrons. The maximum Gasteiger partial charge on any atom is 0.136 e. The Bertz CT molecular complexity index is 149. The van der Waals surface area contributed by atoms with Crippen LogP contribution in [0.3, 0.4) is 0 Å². The largest absolute Gasteiger partial charge is 0.299 e. The van der Waals surface area contributed by atoms with Gasteiger partial charge in [0, 0.05) is 12.3 Å². The van der Waals surface area contributed by atoms with Gasteiger partial charge in [-0.3, -0.25) is 4.79 Å². The molecule has 10 heavy (non-hydrogen) atoms. The fourth-order valence-corrected chi connectivity index (χ4v) is 1.55. The molecular weight excluding hydrogens is 124 g/mol. The summed E-state index contributed by atoms with van der Waals surface area (Å²) in [5, 5.41) is 0. The van der Waals surface area contributed by atoms with Crippen LogP contribution >= 0.6 is 0 Å². The number of carbonyl (C=O) groups is 1. The number of hydrogen-bond acceptors (Lipinski definition) is 1. The second-order valence-corrected chi connectivity index (χ2v) is 3.05. The molecule has 1 heteroatoms. The van der Waals surface area contributed by atoms with Crippen molar-refractivity contribution < 1.29 is 4.79 Å². The number of allylic oxidation sites excluding steroid dienone is 1. The van der Waals surface area contributed by atoms with Gasteiger partial charge >= 0.3 is 0 Å². The highest BCUT2D eigenvalue weighted by Crippen LogP contribution is 2.27. The standard InChI is InChI=1S/C9H14O/c1-3-8-5-4-6-9(10)7(8)2/h3,7-8H,1,4-6H2,2H3/t7-,8+/m0/s1. The van der Waals surface area contributed by atoms with Gasteiger partial charge in [-0.05, 0) is 18.8 Å². The molecule has 0 heterocycles. The smallest absolute Gasteiger partial charge is 0.136 e. The van der Waals surface area contributed by atoms with Crippen molar-refractivity contribution in [3.63, 3.8) is 0 Å². The third kappa shape index (κ3) is 1.28. The van der Waals surface area contributed by atoms with Crippen LogP contribution in [0.15, 0.2) is 12.7 Å². The average molecular weight is 138 g/mol. The van der Waals surface area contributed by atoms with Gasteiger partial charge in [0.15, 0.2) is 0 Å². The van der Waals surface area contributed by atoms with Gasteiger partial charge in [0.25, 0.3) is 0 Å². The first-order chi connectivity index (χ1) is 4.75. The summed E-state index contributed by atoms with van der Waals surface area (Å²) >= 11 is 0. The lowest BCUT2D eigenvalue weighted by Gasteiger charge is -2.24. The Balaban J connectivity index is 2.59. The van der Waals surface area contributed by atoms with Gasteiger partial charge in [-0.2, -0.15) is 0 Å². The van der Waals surface area contributed by atoms with E-state index < -0.39 is 0 Å². The molecule has 1 saturated carbocycles. The van der Waals surface area contributed by atoms with Crippen LogP contribution in [0.5, 0.6) is 0 Å². The minimum Gasteiger partial charge on any atom is -0.299 e. The molecule has 0 amide bonds. The van der Waals surface area contributed by atoms with Crippen molar-refractivity contribution in [3.05, 3.63) is 12.7 Å². The molecular formula is C9H14O. The molecule has 0 spiro atoms. The van der Waals surface area contributed by atoms with Gasteiger partial charge in [-0.1, -0.05) is 13.0 Å². The third-order valence-corrected chi connectivity index (χ3v) is 2.41. The summed E-state index contributed by atoms with van der Waals surface area (Å²) < 4.78 is 0. The Labute approximate surface area is 62.1 Å². The van der Waals surface area contributed by atoms with E-state index in [0.29, 0.717) is 11.7 Å². The molecule has 0 aromatic carbocycles. The molecule has 0 N–H and O–H groups in total. The quantitative estimate of drug-likeness (QED) is 0.507. The lowest BCUT2D eigenvalue weighted by molar-refractivity contribution is -0.125. The zero-order valence-electron chi connectivity index (χ0n) is 6.47. The zero-order chi connectivity index (χ0) is 7.56. The number of ketones is 1. The Morgan fingerprint density at radius 1 is 1.70 bits per heavy atom. The number of carbonyl (C=O) groups excluding carboxylic acids is 1. The van der Waals surface area contributed by atoms with Gasteiger partial charge in [-0.15, -0.1) is 6.58 Å². The molecule has 0 saturated heterocycles. The van der Waals surface area contributed by atoms with Crippen LogP contribution in [0.25, 0.3) is 0 Å². The second-order valence-electron chi connectivity index (χ2n) is 3.05. The van der Waals surface area contributed by atoms with Crippen molar-refractivity contribution in [2.24, 2.45) is 11.8 Å². The lowest BCUT2D eigenvalue weighted by atomic mass is 9.80. The van der Waals surface area contributed by atoms with E-state index in [-0.39, 0.29) is 5.92 Å². The first kappa shape index (κ1) is 7.52. The van der Waals surface area contributed by atoms with Gasteiger partial charge in [0.05, 0.1) is 0 Å². The summed E-state index contributed by atoms with van der Waals surface area (Å²) in [6.45, 7) is 5.72. The Hall–Kier alpha value is -0.590. The monoisotopic (exact) mass is 138 g/mol. The first-order valence-corrected chi connectivity index (χ1v) is 3.91. The van der Waals surface area contributed by atoms with Crippen LogP contribution in [0, 0.1) is 11.8 Å². The maximum atomic E-state index is 11.1. The predicted molar refractivity (Wildman–Crippen MR) is 41.7 cm³/mol. The molecule has 1 rings (SSSR count). The SMILES string of the molecule is C=C[C@@H]1CCCC(=O)[C@H]1C. The van der Waals surface area contributed by atoms with E-state index in [1.165, 1.54) is 0 Å². The fraction of sp³-hybridized carbons (Fsp3) is 0.667. The predicted octanol–water partition coefficient (Wildman–Crippen LogP) is 2.18. The molecule has 0 aromatic heterocycles. The fourth-order valence-electron chi connectivity index (χ4n) is 1.55. The van der Waals surface area contributed by atoms with Crippen molar-refractivity contribution in [2.45, 2.75) is 26.2 Å². The van der Waals surface area contributed by atoms with Crippen molar-refractivity contribution in [1.82, 2.24) is 0 Å². The van der Waals surface area contributed by atoms with Gasteiger partial charge in [-0.25, -0.2) is 0 Å². The number of rotatable bonds is 1. The van der Waals surface area contributed by atoms with E-state index in [1.54, 1.807) is 0 Å². The number of hydrogen-bond donors (Lipinski definition) is 0. The summed E-state index contributed by atoms with van der Waals surface area (Å²) in [5.74, 6) is 1.09. The Kier molecular flexibility index (Phi) is 2.25. The van der Waals surface area contributed by atoms with E-state index in [0.717, 1.165) is 19.3 Å². The minimum absolute atomic E-state index is 0.228. The molecule has 2 atom stereocenters. The molecule has 1 nitrogen and oxygen atoms in total. The van der Waals surface area contributed by atoms with Crippen LogP contribution in [0.4, 0.5) is 0 Å². The molecule has 0 aromatic rings. The molecule has 1 aliphatic rings. The summed E-state index contributed by atoms with van der Waals surface area (Å²) in [6, 6.07) is 0. The number of Topliss-reactive ketones (excluding diaryl/α,β-unsaturated/α-hetero) is 1. The van der Waals surface area contributed by atoms with E-state index in [4.69, 9.17) is 0 Å². The minimum atomic E-state index is 0.228. The van der Waals surface area contributed by atoms with Crippen LogP contribution in [-0.4, -0.2) is 5.78 Å². The first-order valence-electron chi connectivity index (χ1n) is 3.91. The van der Waals surface area contributed by atoms with Crippen LogP contribution in [0.2, 0.25) is 0 Å². The van der Waals surface area contributed by atoms with Crippen molar-refractivity contribution in [3.8, 4) is 0 Å². The highest BCUT2D eigenvalue weighted by atomic mass is 16.1. The molecule has 0 aliphatic heterocycles. The summed E-state index contributed by atoms with van der Waals surface area (Å²) in [7, 11) is 0. The topological polar surface area (TPSA) is 17.1 Å². The average Bonchev–Trinajstić information content (AvgIpc) is 1.95. The molecule has 1 aliphatic carbocycles. The summed E-state index contributed by atoms with van der Waals surface area (Å²) in [5.41, 5.74) is 0. The van der Waals surface area contributed by atoms with E-state index in [1.807, 2.05) is 13.0 Å². The van der Waals surface area contributed by atoms with Gasteiger partial charge in [0.2, 0.25) is 0 Å². The Morgan fingerprint density at radius 2 is 2.40 bits per heavy atom. The molecule has 0 unspecified atom stereocenters. The maximum absolute atomic E-state index is 11.1. The van der Waals surface area contributed by atoms with Gasteiger partial charge < -0.3 is 0 Å². The van der Waals surface area contributed by atoms with Crippen LogP contribution in [0.1, 0.15) is 26.2 Å². The normalized spacial score (nSPS) is 33.9. The van der Waals surface area contributed by atoms with Crippen molar-refractivity contribution >= 4 is 5.78 Å². The lowest BCUT2D eigenvalue weighted by Crippen LogP contribution is -2.24. The Morgan fingerprint density at radius 3 is 2.90 bits per heavy atom. The van der Waals surface area contributed by atoms with Gasteiger partial charge in [0.1, 0.15) is 5.78 Å². The highest BCUT2D eigenvalue weighted by Gasteiger charge is 2.25. The summed E-state index contributed by atoms with van der Waals surface area (Å²) in [6.07, 6.45) is 4.91. The summed E-state index contributed by atoms with van der Waals surface area (Å²) in [4.78, 5) is 11.1. The highest BCUT2D eigenvalue weighted by molar-refractivity contribution is 5.81. The van der Waals surface area contributed by atoms with E-state index >= 15 is 0 Å². The molecule has 56 valence electrons. The van der Waals surface area contributed by atoms with E-state index in [9.17, 15) is 4.79 Å².